The molecule has 0 heterocycles. The van der Waals surface area contributed by atoms with Gasteiger partial charge in [0.05, 0.1) is 4.90 Å². The van der Waals surface area contributed by atoms with Crippen molar-refractivity contribution in [3.63, 3.8) is 0 Å². The number of amides is 1. The second-order valence-corrected chi connectivity index (χ2v) is 8.11. The lowest BCUT2D eigenvalue weighted by Gasteiger charge is -2.12. The van der Waals surface area contributed by atoms with Crippen LogP contribution < -0.4 is 15.8 Å². The monoisotopic (exact) mass is 359 g/mol. The average molecular weight is 359 g/mol. The van der Waals surface area contributed by atoms with E-state index in [0.717, 1.165) is 18.4 Å². The molecule has 0 atom stereocenters. The maximum absolute atomic E-state index is 12.6. The Kier molecular flexibility index (Phi) is 4.53. The van der Waals surface area contributed by atoms with Gasteiger partial charge in [0, 0.05) is 23.0 Å². The van der Waals surface area contributed by atoms with E-state index in [4.69, 9.17) is 5.73 Å². The Balaban J connectivity index is 1.89. The van der Waals surface area contributed by atoms with Crippen molar-refractivity contribution in [1.29, 1.82) is 0 Å². The van der Waals surface area contributed by atoms with Crippen molar-refractivity contribution in [1.82, 2.24) is 4.72 Å². The Morgan fingerprint density at radius 1 is 1.08 bits per heavy atom. The van der Waals surface area contributed by atoms with Gasteiger partial charge in [-0.2, -0.15) is 0 Å². The number of nitrogens with two attached hydrogens (primary N) is 1. The highest BCUT2D eigenvalue weighted by Gasteiger charge is 2.28. The predicted molar refractivity (Wildman–Crippen MR) is 98.1 cm³/mol. The second kappa shape index (κ2) is 6.50. The summed E-state index contributed by atoms with van der Waals surface area (Å²) < 4.78 is 27.4. The third-order valence-electron chi connectivity index (χ3n) is 4.17. The number of nitrogens with one attached hydrogen (secondary N) is 2. The number of anilines is 2. The van der Waals surface area contributed by atoms with E-state index in [2.05, 4.69) is 10.0 Å². The molecule has 0 radical (unpaired) electrons. The quantitative estimate of drug-likeness (QED) is 0.714. The van der Waals surface area contributed by atoms with Gasteiger partial charge in [0.2, 0.25) is 10.0 Å². The molecule has 0 aliphatic heterocycles. The standard InChI is InChI=1S/C18H21N3O3S/c1-11-4-8-15(25(23,24)21-14-6-7-14)10-16(11)18(22)20-17-9-13(19)5-3-12(17)2/h3-5,8-10,14,21H,6-7,19H2,1-2H3,(H,20,22). The highest BCUT2D eigenvalue weighted by atomic mass is 32.2. The Morgan fingerprint density at radius 3 is 2.44 bits per heavy atom. The molecule has 0 aromatic heterocycles. The molecule has 2 aromatic rings. The minimum atomic E-state index is -3.61. The zero-order valence-corrected chi connectivity index (χ0v) is 15.0. The van der Waals surface area contributed by atoms with Crippen molar-refractivity contribution >= 4 is 27.3 Å². The van der Waals surface area contributed by atoms with Crippen molar-refractivity contribution in [2.45, 2.75) is 37.6 Å². The number of carbonyl (C=O) groups is 1. The first-order chi connectivity index (χ1) is 11.8. The number of aryl methyl sites for hydroxylation is 2. The highest BCUT2D eigenvalue weighted by Crippen LogP contribution is 2.24. The van der Waals surface area contributed by atoms with Crippen LogP contribution in [0.15, 0.2) is 41.3 Å². The van der Waals surface area contributed by atoms with Crippen LogP contribution in [0.4, 0.5) is 11.4 Å². The maximum Gasteiger partial charge on any atom is 0.255 e. The highest BCUT2D eigenvalue weighted by molar-refractivity contribution is 7.89. The van der Waals surface area contributed by atoms with Crippen LogP contribution in [0.3, 0.4) is 0 Å². The molecule has 1 aliphatic carbocycles. The summed E-state index contributed by atoms with van der Waals surface area (Å²) in [6, 6.07) is 9.84. The molecule has 3 rings (SSSR count). The average Bonchev–Trinajstić information content (AvgIpc) is 3.34. The van der Waals surface area contributed by atoms with Crippen LogP contribution >= 0.6 is 0 Å². The molecule has 0 bridgehead atoms. The summed E-state index contributed by atoms with van der Waals surface area (Å²) in [5, 5.41) is 2.81. The first-order valence-electron chi connectivity index (χ1n) is 8.07. The van der Waals surface area contributed by atoms with E-state index in [-0.39, 0.29) is 16.8 Å². The van der Waals surface area contributed by atoms with Gasteiger partial charge in [-0.15, -0.1) is 0 Å². The van der Waals surface area contributed by atoms with Crippen LogP contribution in [0.1, 0.15) is 34.3 Å². The lowest BCUT2D eigenvalue weighted by molar-refractivity contribution is 0.102. The van der Waals surface area contributed by atoms with Crippen LogP contribution in [0.2, 0.25) is 0 Å². The Labute approximate surface area is 147 Å². The lowest BCUT2D eigenvalue weighted by atomic mass is 10.1. The second-order valence-electron chi connectivity index (χ2n) is 6.40. The number of nitrogen functional groups attached to an aromatic ring is 1. The summed E-state index contributed by atoms with van der Waals surface area (Å²) in [6.07, 6.45) is 1.71. The molecule has 6 nitrogen and oxygen atoms in total. The van der Waals surface area contributed by atoms with Gasteiger partial charge in [0.25, 0.3) is 5.91 Å². The Hall–Kier alpha value is -2.38. The minimum absolute atomic E-state index is 0.0125. The van der Waals surface area contributed by atoms with Gasteiger partial charge < -0.3 is 11.1 Å². The molecule has 0 saturated heterocycles. The van der Waals surface area contributed by atoms with Gasteiger partial charge in [0.15, 0.2) is 0 Å². The first-order valence-corrected chi connectivity index (χ1v) is 9.55. The molecule has 1 saturated carbocycles. The number of hydrogen-bond donors (Lipinski definition) is 3. The van der Waals surface area contributed by atoms with Crippen LogP contribution in [0, 0.1) is 13.8 Å². The summed E-state index contributed by atoms with van der Waals surface area (Å²) in [6.45, 7) is 3.63. The van der Waals surface area contributed by atoms with Crippen molar-refractivity contribution in [2.75, 3.05) is 11.1 Å². The summed E-state index contributed by atoms with van der Waals surface area (Å²) in [7, 11) is -3.61. The van der Waals surface area contributed by atoms with Crippen molar-refractivity contribution in [2.24, 2.45) is 0 Å². The fraction of sp³-hybridized carbons (Fsp3) is 0.278. The normalized spacial score (nSPS) is 14.3. The zero-order chi connectivity index (χ0) is 18.2. The number of hydrogen-bond acceptors (Lipinski definition) is 4. The van der Waals surface area contributed by atoms with Gasteiger partial charge >= 0.3 is 0 Å². The lowest BCUT2D eigenvalue weighted by Crippen LogP contribution is -2.26. The van der Waals surface area contributed by atoms with E-state index in [1.54, 1.807) is 25.1 Å². The van der Waals surface area contributed by atoms with Gasteiger partial charge in [-0.25, -0.2) is 13.1 Å². The molecule has 0 spiro atoms. The third-order valence-corrected chi connectivity index (χ3v) is 5.69. The van der Waals surface area contributed by atoms with Gasteiger partial charge in [0.1, 0.15) is 0 Å². The number of sulfonamides is 1. The molecule has 1 amide bonds. The summed E-state index contributed by atoms with van der Waals surface area (Å²) in [4.78, 5) is 12.7. The van der Waals surface area contributed by atoms with E-state index >= 15 is 0 Å². The Bertz CT molecular complexity index is 935. The predicted octanol–water partition coefficient (Wildman–Crippen LogP) is 2.58. The van der Waals surface area contributed by atoms with Crippen LogP contribution in [-0.4, -0.2) is 20.4 Å². The van der Waals surface area contributed by atoms with E-state index in [1.165, 1.54) is 12.1 Å². The molecule has 2 aromatic carbocycles. The molecule has 25 heavy (non-hydrogen) atoms. The van der Waals surface area contributed by atoms with Crippen molar-refractivity contribution < 1.29 is 13.2 Å². The van der Waals surface area contributed by atoms with E-state index < -0.39 is 10.0 Å². The molecule has 1 fully saturated rings. The fourth-order valence-corrected chi connectivity index (χ4v) is 3.80. The SMILES string of the molecule is Cc1ccc(N)cc1NC(=O)c1cc(S(=O)(=O)NC2CC2)ccc1C. The van der Waals surface area contributed by atoms with Gasteiger partial charge in [-0.05, 0) is 62.1 Å². The maximum atomic E-state index is 12.6. The van der Waals surface area contributed by atoms with Crippen LogP contribution in [0.5, 0.6) is 0 Å². The van der Waals surface area contributed by atoms with Crippen LogP contribution in [-0.2, 0) is 10.0 Å². The first kappa shape index (κ1) is 17.4. The van der Waals surface area contributed by atoms with E-state index in [1.807, 2.05) is 13.0 Å². The smallest absolute Gasteiger partial charge is 0.255 e. The molecular weight excluding hydrogens is 338 g/mol. The molecule has 1 aliphatic rings. The van der Waals surface area contributed by atoms with Crippen molar-refractivity contribution in [3.05, 3.63) is 53.1 Å². The molecule has 7 heteroatoms. The molecule has 4 N–H and O–H groups in total. The third kappa shape index (κ3) is 4.00. The summed E-state index contributed by atoms with van der Waals surface area (Å²) >= 11 is 0. The Morgan fingerprint density at radius 2 is 1.76 bits per heavy atom. The summed E-state index contributed by atoms with van der Waals surface area (Å²) in [5.41, 5.74) is 8.81. The largest absolute Gasteiger partial charge is 0.399 e. The van der Waals surface area contributed by atoms with Crippen molar-refractivity contribution in [3.8, 4) is 0 Å². The van der Waals surface area contributed by atoms with Gasteiger partial charge in [-0.3, -0.25) is 4.79 Å². The fourth-order valence-electron chi connectivity index (χ4n) is 2.47. The van der Waals surface area contributed by atoms with Crippen LogP contribution in [0.25, 0.3) is 0 Å². The summed E-state index contributed by atoms with van der Waals surface area (Å²) in [5.74, 6) is -0.366. The zero-order valence-electron chi connectivity index (χ0n) is 14.2. The number of carbonyl (C=O) groups excluding carboxylic acids is 1. The number of benzene rings is 2. The number of rotatable bonds is 5. The topological polar surface area (TPSA) is 101 Å². The van der Waals surface area contributed by atoms with E-state index in [9.17, 15) is 13.2 Å². The minimum Gasteiger partial charge on any atom is -0.399 e. The van der Waals surface area contributed by atoms with E-state index in [0.29, 0.717) is 22.5 Å². The molecule has 132 valence electrons. The molecule has 0 unspecified atom stereocenters. The van der Waals surface area contributed by atoms with Gasteiger partial charge in [-0.1, -0.05) is 12.1 Å². The molecular formula is C18H21N3O3S.